The molecule has 0 aliphatic heterocycles. The maximum Gasteiger partial charge on any atom is 0.159 e. The zero-order valence-corrected chi connectivity index (χ0v) is 11.5. The van der Waals surface area contributed by atoms with Crippen LogP contribution in [0.5, 0.6) is 0 Å². The van der Waals surface area contributed by atoms with Gasteiger partial charge in [-0.15, -0.1) is 0 Å². The van der Waals surface area contributed by atoms with Crippen LogP contribution in [0.25, 0.3) is 0 Å². The maximum absolute atomic E-state index is 13.3. The largest absolute Gasteiger partial charge is 0.329 e. The highest BCUT2D eigenvalue weighted by Gasteiger charge is 2.23. The average molecular weight is 256 g/mol. The predicted octanol–water partition coefficient (Wildman–Crippen LogP) is 2.94. The fraction of sp³-hybridized carbons (Fsp3) is 0.571. The molecule has 1 rings (SSSR count). The highest BCUT2D eigenvalue weighted by molar-refractivity contribution is 5.22. The summed E-state index contributed by atoms with van der Waals surface area (Å²) in [7, 11) is 1.96. The van der Waals surface area contributed by atoms with Crippen molar-refractivity contribution in [3.63, 3.8) is 0 Å². The van der Waals surface area contributed by atoms with Gasteiger partial charge in [0.05, 0.1) is 0 Å². The molecule has 2 nitrogen and oxygen atoms in total. The molecule has 2 unspecified atom stereocenters. The number of hydrogen-bond acceptors (Lipinski definition) is 2. The van der Waals surface area contributed by atoms with Crippen LogP contribution in [-0.4, -0.2) is 24.5 Å². The summed E-state index contributed by atoms with van der Waals surface area (Å²) in [6.45, 7) is 6.73. The van der Waals surface area contributed by atoms with Crippen molar-refractivity contribution in [2.75, 3.05) is 13.6 Å². The topological polar surface area (TPSA) is 29.3 Å². The second-order valence-corrected chi connectivity index (χ2v) is 5.08. The van der Waals surface area contributed by atoms with Gasteiger partial charge >= 0.3 is 0 Å². The molecule has 2 atom stereocenters. The van der Waals surface area contributed by atoms with Gasteiger partial charge in [-0.2, -0.15) is 0 Å². The summed E-state index contributed by atoms with van der Waals surface area (Å²) in [5, 5.41) is 0. The van der Waals surface area contributed by atoms with Gasteiger partial charge in [-0.25, -0.2) is 8.78 Å². The first kappa shape index (κ1) is 15.1. The minimum atomic E-state index is -0.825. The molecule has 0 heterocycles. The van der Waals surface area contributed by atoms with Crippen molar-refractivity contribution in [2.24, 2.45) is 11.7 Å². The lowest BCUT2D eigenvalue weighted by atomic mass is 9.99. The van der Waals surface area contributed by atoms with Crippen LogP contribution in [-0.2, 0) is 0 Å². The SMILES string of the molecule is CC(C)C(C)N(C)C(CN)c1ccc(F)c(F)c1. The molecule has 1 aromatic carbocycles. The van der Waals surface area contributed by atoms with E-state index in [0.717, 1.165) is 6.07 Å². The van der Waals surface area contributed by atoms with E-state index >= 15 is 0 Å². The van der Waals surface area contributed by atoms with Crippen molar-refractivity contribution >= 4 is 0 Å². The minimum Gasteiger partial charge on any atom is -0.329 e. The number of benzene rings is 1. The molecule has 0 saturated heterocycles. The number of halogens is 2. The van der Waals surface area contributed by atoms with Crippen LogP contribution in [0.15, 0.2) is 18.2 Å². The van der Waals surface area contributed by atoms with Gasteiger partial charge < -0.3 is 5.73 Å². The van der Waals surface area contributed by atoms with E-state index in [1.165, 1.54) is 6.07 Å². The van der Waals surface area contributed by atoms with Crippen molar-refractivity contribution in [3.8, 4) is 0 Å². The first-order valence-electron chi connectivity index (χ1n) is 6.25. The van der Waals surface area contributed by atoms with Gasteiger partial charge in [-0.05, 0) is 37.6 Å². The van der Waals surface area contributed by atoms with E-state index in [1.54, 1.807) is 6.07 Å². The third kappa shape index (κ3) is 3.27. The van der Waals surface area contributed by atoms with Crippen LogP contribution in [0.2, 0.25) is 0 Å². The molecule has 0 aromatic heterocycles. The van der Waals surface area contributed by atoms with E-state index in [0.29, 0.717) is 24.1 Å². The average Bonchev–Trinajstić information content (AvgIpc) is 2.33. The van der Waals surface area contributed by atoms with Gasteiger partial charge in [0.1, 0.15) is 0 Å². The Kier molecular flexibility index (Phi) is 5.23. The summed E-state index contributed by atoms with van der Waals surface area (Å²) in [5.41, 5.74) is 6.49. The Balaban J connectivity index is 2.98. The monoisotopic (exact) mass is 256 g/mol. The van der Waals surface area contributed by atoms with Crippen molar-refractivity contribution in [3.05, 3.63) is 35.4 Å². The molecule has 0 spiro atoms. The van der Waals surface area contributed by atoms with Gasteiger partial charge in [-0.3, -0.25) is 4.90 Å². The maximum atomic E-state index is 13.3. The smallest absolute Gasteiger partial charge is 0.159 e. The molecular weight excluding hydrogens is 234 g/mol. The Bertz CT molecular complexity index is 393. The molecule has 2 N–H and O–H groups in total. The molecule has 0 fully saturated rings. The Morgan fingerprint density at radius 1 is 1.17 bits per heavy atom. The van der Waals surface area contributed by atoms with Crippen LogP contribution >= 0.6 is 0 Å². The number of likely N-dealkylation sites (N-methyl/N-ethyl adjacent to an activating group) is 1. The molecule has 0 radical (unpaired) electrons. The molecule has 4 heteroatoms. The summed E-state index contributed by atoms with van der Waals surface area (Å²) in [6, 6.07) is 4.20. The van der Waals surface area contributed by atoms with Crippen LogP contribution in [0.1, 0.15) is 32.4 Å². The lowest BCUT2D eigenvalue weighted by molar-refractivity contribution is 0.151. The van der Waals surface area contributed by atoms with Gasteiger partial charge in [0.15, 0.2) is 11.6 Å². The summed E-state index contributed by atoms with van der Waals surface area (Å²) in [6.07, 6.45) is 0. The molecular formula is C14H22F2N2. The third-order valence-corrected chi connectivity index (χ3v) is 3.65. The lowest BCUT2D eigenvalue weighted by Crippen LogP contribution is -2.39. The molecule has 0 aliphatic carbocycles. The molecule has 0 aliphatic rings. The van der Waals surface area contributed by atoms with Crippen molar-refractivity contribution in [1.82, 2.24) is 4.90 Å². The van der Waals surface area contributed by atoms with Crippen LogP contribution in [0.3, 0.4) is 0 Å². The Labute approximate surface area is 108 Å². The van der Waals surface area contributed by atoms with E-state index in [9.17, 15) is 8.78 Å². The molecule has 0 amide bonds. The fourth-order valence-electron chi connectivity index (χ4n) is 2.01. The van der Waals surface area contributed by atoms with Crippen LogP contribution in [0, 0.1) is 17.6 Å². The van der Waals surface area contributed by atoms with E-state index < -0.39 is 11.6 Å². The van der Waals surface area contributed by atoms with Crippen molar-refractivity contribution in [2.45, 2.75) is 32.9 Å². The fourth-order valence-corrected chi connectivity index (χ4v) is 2.01. The quantitative estimate of drug-likeness (QED) is 0.877. The Hall–Kier alpha value is -1.00. The summed E-state index contributed by atoms with van der Waals surface area (Å²) in [5.74, 6) is -1.18. The van der Waals surface area contributed by atoms with Crippen molar-refractivity contribution in [1.29, 1.82) is 0 Å². The summed E-state index contributed by atoms with van der Waals surface area (Å²) >= 11 is 0. The van der Waals surface area contributed by atoms with Crippen LogP contribution in [0.4, 0.5) is 8.78 Å². The highest BCUT2D eigenvalue weighted by Crippen LogP contribution is 2.24. The normalized spacial score (nSPS) is 15.2. The molecule has 0 bridgehead atoms. The summed E-state index contributed by atoms with van der Waals surface area (Å²) in [4.78, 5) is 2.11. The predicted molar refractivity (Wildman–Crippen MR) is 70.2 cm³/mol. The zero-order chi connectivity index (χ0) is 13.9. The second-order valence-electron chi connectivity index (χ2n) is 5.08. The molecule has 0 saturated carbocycles. The summed E-state index contributed by atoms with van der Waals surface area (Å²) < 4.78 is 26.2. The standard InChI is InChI=1S/C14H22F2N2/c1-9(2)10(3)18(4)14(8-17)11-5-6-12(15)13(16)7-11/h5-7,9-10,14H,8,17H2,1-4H3. The zero-order valence-electron chi connectivity index (χ0n) is 11.5. The third-order valence-electron chi connectivity index (χ3n) is 3.65. The van der Waals surface area contributed by atoms with Crippen molar-refractivity contribution < 1.29 is 8.78 Å². The van der Waals surface area contributed by atoms with Crippen LogP contribution < -0.4 is 5.73 Å². The first-order valence-corrected chi connectivity index (χ1v) is 6.25. The Morgan fingerprint density at radius 2 is 1.78 bits per heavy atom. The van der Waals surface area contributed by atoms with E-state index in [4.69, 9.17) is 5.73 Å². The molecule has 18 heavy (non-hydrogen) atoms. The van der Waals surface area contributed by atoms with Gasteiger partial charge in [-0.1, -0.05) is 19.9 Å². The van der Waals surface area contributed by atoms with E-state index in [2.05, 4.69) is 25.7 Å². The minimum absolute atomic E-state index is 0.0995. The van der Waals surface area contributed by atoms with Gasteiger partial charge in [0, 0.05) is 18.6 Å². The highest BCUT2D eigenvalue weighted by atomic mass is 19.2. The Morgan fingerprint density at radius 3 is 2.22 bits per heavy atom. The number of nitrogens with two attached hydrogens (primary N) is 1. The first-order chi connectivity index (χ1) is 8.38. The number of nitrogens with zero attached hydrogens (tertiary/aromatic N) is 1. The second kappa shape index (κ2) is 6.25. The van der Waals surface area contributed by atoms with Gasteiger partial charge in [0.25, 0.3) is 0 Å². The molecule has 102 valence electrons. The van der Waals surface area contributed by atoms with Gasteiger partial charge in [0.2, 0.25) is 0 Å². The number of rotatable bonds is 5. The lowest BCUT2D eigenvalue weighted by Gasteiger charge is -2.35. The van der Waals surface area contributed by atoms with E-state index in [-0.39, 0.29) is 6.04 Å². The van der Waals surface area contributed by atoms with E-state index in [1.807, 2.05) is 7.05 Å². The number of hydrogen-bond donors (Lipinski definition) is 1. The molecule has 1 aromatic rings.